The highest BCUT2D eigenvalue weighted by Gasteiger charge is 2.12. The van der Waals surface area contributed by atoms with Gasteiger partial charge in [0.15, 0.2) is 0 Å². The van der Waals surface area contributed by atoms with E-state index in [4.69, 9.17) is 0 Å². The fourth-order valence-electron chi connectivity index (χ4n) is 1.36. The summed E-state index contributed by atoms with van der Waals surface area (Å²) in [5.41, 5.74) is 0. The van der Waals surface area contributed by atoms with Crippen molar-refractivity contribution < 1.29 is 0 Å². The molecule has 0 saturated heterocycles. The second-order valence-corrected chi connectivity index (χ2v) is 4.24. The fraction of sp³-hybridized carbons (Fsp3) is 1.00. The van der Waals surface area contributed by atoms with Gasteiger partial charge in [-0.05, 0) is 40.2 Å². The molecule has 0 aromatic rings. The van der Waals surface area contributed by atoms with Gasteiger partial charge in [0.25, 0.3) is 0 Å². The Morgan fingerprint density at radius 2 is 1.45 bits per heavy atom. The van der Waals surface area contributed by atoms with Gasteiger partial charge < -0.3 is 4.90 Å². The van der Waals surface area contributed by atoms with Gasteiger partial charge in [-0.2, -0.15) is 0 Å². The van der Waals surface area contributed by atoms with Crippen LogP contribution in [0.25, 0.3) is 0 Å². The van der Waals surface area contributed by atoms with Crippen molar-refractivity contribution in [3.63, 3.8) is 0 Å². The minimum atomic E-state index is 0.670. The number of rotatable bonds is 4. The van der Waals surface area contributed by atoms with Gasteiger partial charge in [0.1, 0.15) is 0 Å². The Kier molecular flexibility index (Phi) is 4.74. The maximum atomic E-state index is 2.43. The number of hydrogen-bond acceptors (Lipinski definition) is 1. The number of hydrogen-bond donors (Lipinski definition) is 0. The van der Waals surface area contributed by atoms with E-state index in [1.807, 2.05) is 0 Å². The molecule has 0 amide bonds. The van der Waals surface area contributed by atoms with E-state index in [2.05, 4.69) is 46.6 Å². The third kappa shape index (κ3) is 4.41. The average molecular weight is 157 g/mol. The van der Waals surface area contributed by atoms with Gasteiger partial charge in [-0.1, -0.05) is 13.8 Å². The molecular weight excluding hydrogens is 134 g/mol. The molecule has 0 spiro atoms. The molecule has 0 aromatic heterocycles. The fourth-order valence-corrected chi connectivity index (χ4v) is 1.36. The summed E-state index contributed by atoms with van der Waals surface area (Å²) in [5, 5.41) is 0. The van der Waals surface area contributed by atoms with E-state index in [1.165, 1.54) is 6.42 Å². The maximum absolute atomic E-state index is 2.43. The molecule has 0 heterocycles. The van der Waals surface area contributed by atoms with E-state index < -0.39 is 0 Å². The summed E-state index contributed by atoms with van der Waals surface area (Å²) in [4.78, 5) is 2.43. The van der Waals surface area contributed by atoms with Crippen LogP contribution in [-0.4, -0.2) is 24.0 Å². The molecular formula is C10H23N. The molecule has 1 unspecified atom stereocenters. The molecule has 0 fully saturated rings. The summed E-state index contributed by atoms with van der Waals surface area (Å²) in [6, 6.07) is 1.39. The summed E-state index contributed by atoms with van der Waals surface area (Å²) in [6.45, 7) is 11.4. The van der Waals surface area contributed by atoms with Crippen LogP contribution in [-0.2, 0) is 0 Å². The van der Waals surface area contributed by atoms with Crippen molar-refractivity contribution in [1.29, 1.82) is 0 Å². The summed E-state index contributed by atoms with van der Waals surface area (Å²) in [6.07, 6.45) is 1.30. The topological polar surface area (TPSA) is 3.24 Å². The number of nitrogens with zero attached hydrogens (tertiary/aromatic N) is 1. The normalized spacial score (nSPS) is 15.0. The SMILES string of the molecule is CC(C)CC(C)N(C)C(C)C. The van der Waals surface area contributed by atoms with Crippen molar-refractivity contribution >= 4 is 0 Å². The molecule has 0 radical (unpaired) electrons. The van der Waals surface area contributed by atoms with Gasteiger partial charge in [-0.15, -0.1) is 0 Å². The lowest BCUT2D eigenvalue weighted by Crippen LogP contribution is -2.35. The molecule has 0 N–H and O–H groups in total. The predicted molar refractivity (Wildman–Crippen MR) is 51.8 cm³/mol. The summed E-state index contributed by atoms with van der Waals surface area (Å²) in [5.74, 6) is 0.811. The minimum Gasteiger partial charge on any atom is -0.301 e. The Morgan fingerprint density at radius 3 is 1.73 bits per heavy atom. The lowest BCUT2D eigenvalue weighted by Gasteiger charge is -2.29. The second-order valence-electron chi connectivity index (χ2n) is 4.24. The first kappa shape index (κ1) is 11.0. The molecule has 0 rings (SSSR count). The molecule has 0 bridgehead atoms. The third-order valence-electron chi connectivity index (χ3n) is 2.32. The second kappa shape index (κ2) is 4.76. The Bertz CT molecular complexity index is 97.0. The molecule has 0 aliphatic heterocycles. The molecule has 1 heteroatoms. The van der Waals surface area contributed by atoms with Crippen LogP contribution in [0.3, 0.4) is 0 Å². The molecule has 0 aliphatic carbocycles. The Morgan fingerprint density at radius 1 is 1.00 bits per heavy atom. The lowest BCUT2D eigenvalue weighted by atomic mass is 10.0. The van der Waals surface area contributed by atoms with Gasteiger partial charge in [0, 0.05) is 12.1 Å². The Hall–Kier alpha value is -0.0400. The van der Waals surface area contributed by atoms with Crippen molar-refractivity contribution in [2.75, 3.05) is 7.05 Å². The van der Waals surface area contributed by atoms with Gasteiger partial charge in [-0.25, -0.2) is 0 Å². The van der Waals surface area contributed by atoms with Gasteiger partial charge in [0.05, 0.1) is 0 Å². The van der Waals surface area contributed by atoms with Crippen LogP contribution in [0.5, 0.6) is 0 Å². The van der Waals surface area contributed by atoms with Gasteiger partial charge in [-0.3, -0.25) is 0 Å². The zero-order valence-electron chi connectivity index (χ0n) is 8.89. The average Bonchev–Trinajstić information content (AvgIpc) is 1.84. The molecule has 0 aromatic carbocycles. The van der Waals surface area contributed by atoms with Crippen molar-refractivity contribution in [1.82, 2.24) is 4.90 Å². The van der Waals surface area contributed by atoms with Crippen LogP contribution < -0.4 is 0 Å². The largest absolute Gasteiger partial charge is 0.301 e. The molecule has 11 heavy (non-hydrogen) atoms. The molecule has 0 saturated carbocycles. The monoisotopic (exact) mass is 157 g/mol. The smallest absolute Gasteiger partial charge is 0.00690 e. The van der Waals surface area contributed by atoms with Gasteiger partial charge >= 0.3 is 0 Å². The highest BCUT2D eigenvalue weighted by atomic mass is 15.1. The zero-order chi connectivity index (χ0) is 9.02. The predicted octanol–water partition coefficient (Wildman–Crippen LogP) is 2.76. The highest BCUT2D eigenvalue weighted by molar-refractivity contribution is 4.67. The first-order chi connectivity index (χ1) is 4.95. The van der Waals surface area contributed by atoms with Crippen LogP contribution >= 0.6 is 0 Å². The summed E-state index contributed by atoms with van der Waals surface area (Å²) >= 11 is 0. The van der Waals surface area contributed by atoms with E-state index >= 15 is 0 Å². The van der Waals surface area contributed by atoms with E-state index in [0.29, 0.717) is 6.04 Å². The van der Waals surface area contributed by atoms with Gasteiger partial charge in [0.2, 0.25) is 0 Å². The molecule has 1 atom stereocenters. The van der Waals surface area contributed by atoms with Crippen LogP contribution in [0, 0.1) is 5.92 Å². The quantitative estimate of drug-likeness (QED) is 0.606. The van der Waals surface area contributed by atoms with Crippen LogP contribution in [0.1, 0.15) is 41.0 Å². The van der Waals surface area contributed by atoms with Crippen LogP contribution in [0.15, 0.2) is 0 Å². The van der Waals surface area contributed by atoms with E-state index in [1.54, 1.807) is 0 Å². The maximum Gasteiger partial charge on any atom is 0.00690 e. The molecule has 1 nitrogen and oxygen atoms in total. The van der Waals surface area contributed by atoms with E-state index in [9.17, 15) is 0 Å². The Labute approximate surface area is 71.8 Å². The van der Waals surface area contributed by atoms with E-state index in [0.717, 1.165) is 12.0 Å². The molecule has 0 aliphatic rings. The first-order valence-corrected chi connectivity index (χ1v) is 4.67. The molecule has 68 valence electrons. The highest BCUT2D eigenvalue weighted by Crippen LogP contribution is 2.11. The van der Waals surface area contributed by atoms with Crippen molar-refractivity contribution in [2.45, 2.75) is 53.1 Å². The van der Waals surface area contributed by atoms with E-state index in [-0.39, 0.29) is 0 Å². The van der Waals surface area contributed by atoms with Crippen molar-refractivity contribution in [3.05, 3.63) is 0 Å². The van der Waals surface area contributed by atoms with Crippen LogP contribution in [0.2, 0.25) is 0 Å². The zero-order valence-corrected chi connectivity index (χ0v) is 8.89. The summed E-state index contributed by atoms with van der Waals surface area (Å²) < 4.78 is 0. The van der Waals surface area contributed by atoms with Crippen LogP contribution in [0.4, 0.5) is 0 Å². The lowest BCUT2D eigenvalue weighted by molar-refractivity contribution is 0.186. The third-order valence-corrected chi connectivity index (χ3v) is 2.32. The minimum absolute atomic E-state index is 0.670. The standard InChI is InChI=1S/C10H23N/c1-8(2)7-10(5)11(6)9(3)4/h8-10H,7H2,1-6H3. The van der Waals surface area contributed by atoms with Crippen molar-refractivity contribution in [3.8, 4) is 0 Å². The van der Waals surface area contributed by atoms with Crippen molar-refractivity contribution in [2.24, 2.45) is 5.92 Å². The summed E-state index contributed by atoms with van der Waals surface area (Å²) in [7, 11) is 2.21. The Balaban J connectivity index is 3.73. The first-order valence-electron chi connectivity index (χ1n) is 4.67.